The van der Waals surface area contributed by atoms with Gasteiger partial charge in [-0.15, -0.1) is 0 Å². The summed E-state index contributed by atoms with van der Waals surface area (Å²) in [5.74, 6) is -0.279. The average Bonchev–Trinajstić information content (AvgIpc) is 2.41. The van der Waals surface area contributed by atoms with E-state index >= 15 is 0 Å². The molecule has 0 fully saturated rings. The molecule has 0 spiro atoms. The number of anilines is 2. The predicted molar refractivity (Wildman–Crippen MR) is 81.0 cm³/mol. The Kier molecular flexibility index (Phi) is 4.61. The second-order valence-electron chi connectivity index (χ2n) is 4.28. The van der Waals surface area contributed by atoms with Crippen LogP contribution in [0.15, 0.2) is 42.5 Å². The highest BCUT2D eigenvalue weighted by Gasteiger charge is 2.12. The van der Waals surface area contributed by atoms with E-state index in [-0.39, 0.29) is 5.91 Å². The van der Waals surface area contributed by atoms with Crippen molar-refractivity contribution in [1.29, 1.82) is 0 Å². The van der Waals surface area contributed by atoms with Crippen LogP contribution in [-0.2, 0) is 11.3 Å². The maximum absolute atomic E-state index is 12.2. The molecule has 0 bridgehead atoms. The summed E-state index contributed by atoms with van der Waals surface area (Å²) < 4.78 is 5.10. The van der Waals surface area contributed by atoms with E-state index < -0.39 is 0 Å². The first-order valence-corrected chi connectivity index (χ1v) is 6.43. The number of carbonyl (C=O) groups is 1. The summed E-state index contributed by atoms with van der Waals surface area (Å²) in [4.78, 5) is 12.2. The number of nitrogens with one attached hydrogen (secondary N) is 1. The Morgan fingerprint density at radius 3 is 2.75 bits per heavy atom. The summed E-state index contributed by atoms with van der Waals surface area (Å²) in [6, 6.07) is 12.2. The lowest BCUT2D eigenvalue weighted by Crippen LogP contribution is -2.14. The number of benzene rings is 2. The lowest BCUT2D eigenvalue weighted by atomic mass is 10.1. The zero-order valence-electron chi connectivity index (χ0n) is 11.0. The highest BCUT2D eigenvalue weighted by atomic mass is 35.5. The molecular formula is C15H15ClN2O2. The van der Waals surface area contributed by atoms with E-state index in [1.807, 2.05) is 24.3 Å². The van der Waals surface area contributed by atoms with Crippen molar-refractivity contribution >= 4 is 28.9 Å². The normalized spacial score (nSPS) is 10.3. The summed E-state index contributed by atoms with van der Waals surface area (Å²) >= 11 is 6.03. The number of nitrogen functional groups attached to an aromatic ring is 1. The number of rotatable bonds is 4. The number of hydrogen-bond donors (Lipinski definition) is 2. The fraction of sp³-hybridized carbons (Fsp3) is 0.133. The van der Waals surface area contributed by atoms with Gasteiger partial charge < -0.3 is 15.8 Å². The lowest BCUT2D eigenvalue weighted by Gasteiger charge is -2.11. The van der Waals surface area contributed by atoms with Gasteiger partial charge in [0.1, 0.15) is 0 Å². The highest BCUT2D eigenvalue weighted by Crippen LogP contribution is 2.22. The van der Waals surface area contributed by atoms with Crippen molar-refractivity contribution in [2.45, 2.75) is 6.61 Å². The summed E-state index contributed by atoms with van der Waals surface area (Å²) in [5.41, 5.74) is 8.11. The topological polar surface area (TPSA) is 64.3 Å². The van der Waals surface area contributed by atoms with Crippen LogP contribution >= 0.6 is 11.6 Å². The molecule has 2 aromatic carbocycles. The molecule has 2 rings (SSSR count). The molecule has 0 saturated carbocycles. The highest BCUT2D eigenvalue weighted by molar-refractivity contribution is 6.34. The number of hydrogen-bond acceptors (Lipinski definition) is 3. The molecule has 3 N–H and O–H groups in total. The zero-order chi connectivity index (χ0) is 14.5. The number of ether oxygens (including phenoxy) is 1. The molecule has 0 atom stereocenters. The predicted octanol–water partition coefficient (Wildman–Crippen LogP) is 3.32. The number of para-hydroxylation sites is 1. The fourth-order valence-corrected chi connectivity index (χ4v) is 2.10. The summed E-state index contributed by atoms with van der Waals surface area (Å²) in [5, 5.41) is 3.15. The van der Waals surface area contributed by atoms with E-state index in [1.54, 1.807) is 25.3 Å². The van der Waals surface area contributed by atoms with Crippen molar-refractivity contribution in [3.63, 3.8) is 0 Å². The zero-order valence-corrected chi connectivity index (χ0v) is 11.8. The third-order valence-electron chi connectivity index (χ3n) is 2.80. The minimum absolute atomic E-state index is 0.279. The van der Waals surface area contributed by atoms with Crippen molar-refractivity contribution in [3.8, 4) is 0 Å². The first-order chi connectivity index (χ1) is 9.61. The van der Waals surface area contributed by atoms with Crippen molar-refractivity contribution in [3.05, 3.63) is 58.6 Å². The number of amides is 1. The van der Waals surface area contributed by atoms with Gasteiger partial charge in [0.15, 0.2) is 0 Å². The van der Waals surface area contributed by atoms with Crippen LogP contribution in [0.3, 0.4) is 0 Å². The van der Waals surface area contributed by atoms with E-state index in [4.69, 9.17) is 22.1 Å². The van der Waals surface area contributed by atoms with Crippen LogP contribution in [0.1, 0.15) is 15.9 Å². The van der Waals surface area contributed by atoms with Gasteiger partial charge in [0.2, 0.25) is 0 Å². The van der Waals surface area contributed by atoms with Crippen molar-refractivity contribution in [2.75, 3.05) is 18.2 Å². The molecule has 4 nitrogen and oxygen atoms in total. The molecule has 104 valence electrons. The summed E-state index contributed by atoms with van der Waals surface area (Å²) in [6.07, 6.45) is 0. The largest absolute Gasteiger partial charge is 0.399 e. The summed E-state index contributed by atoms with van der Waals surface area (Å²) in [6.45, 7) is 0.423. The number of carbonyl (C=O) groups excluding carboxylic acids is 1. The van der Waals surface area contributed by atoms with Crippen LogP contribution in [0.2, 0.25) is 5.02 Å². The van der Waals surface area contributed by atoms with Crippen LogP contribution in [0.4, 0.5) is 11.4 Å². The van der Waals surface area contributed by atoms with Crippen LogP contribution in [0, 0.1) is 0 Å². The molecule has 2 aromatic rings. The van der Waals surface area contributed by atoms with Gasteiger partial charge in [-0.1, -0.05) is 29.8 Å². The molecule has 0 unspecified atom stereocenters. The quantitative estimate of drug-likeness (QED) is 0.849. The fourth-order valence-electron chi connectivity index (χ4n) is 1.83. The second-order valence-corrected chi connectivity index (χ2v) is 4.69. The molecule has 1 amide bonds. The molecule has 0 aliphatic heterocycles. The molecule has 0 aromatic heterocycles. The molecule has 20 heavy (non-hydrogen) atoms. The van der Waals surface area contributed by atoms with Crippen LogP contribution in [0.5, 0.6) is 0 Å². The molecule has 0 saturated heterocycles. The Labute approximate surface area is 122 Å². The number of halogens is 1. The first-order valence-electron chi connectivity index (χ1n) is 6.05. The minimum Gasteiger partial charge on any atom is -0.399 e. The molecule has 5 heteroatoms. The molecule has 0 aliphatic carbocycles. The lowest BCUT2D eigenvalue weighted by molar-refractivity contribution is 0.102. The van der Waals surface area contributed by atoms with Gasteiger partial charge in [0.05, 0.1) is 17.2 Å². The number of nitrogens with two attached hydrogens (primary N) is 1. The molecular weight excluding hydrogens is 276 g/mol. The van der Waals surface area contributed by atoms with Crippen molar-refractivity contribution in [2.24, 2.45) is 0 Å². The Hall–Kier alpha value is -2.04. The van der Waals surface area contributed by atoms with Gasteiger partial charge in [0.25, 0.3) is 5.91 Å². The van der Waals surface area contributed by atoms with Crippen molar-refractivity contribution in [1.82, 2.24) is 0 Å². The summed E-state index contributed by atoms with van der Waals surface area (Å²) in [7, 11) is 1.61. The van der Waals surface area contributed by atoms with Gasteiger partial charge >= 0.3 is 0 Å². The van der Waals surface area contributed by atoms with E-state index in [0.29, 0.717) is 28.6 Å². The van der Waals surface area contributed by atoms with Gasteiger partial charge in [-0.2, -0.15) is 0 Å². The van der Waals surface area contributed by atoms with E-state index in [9.17, 15) is 4.79 Å². The molecule has 0 aliphatic rings. The second kappa shape index (κ2) is 6.41. The minimum atomic E-state index is -0.279. The van der Waals surface area contributed by atoms with Gasteiger partial charge in [-0.05, 0) is 24.3 Å². The average molecular weight is 291 g/mol. The van der Waals surface area contributed by atoms with Crippen LogP contribution in [-0.4, -0.2) is 13.0 Å². The standard InChI is InChI=1S/C15H15ClN2O2/c1-20-9-10-4-2-3-5-14(10)18-15(19)12-7-6-11(17)8-13(12)16/h2-8H,9,17H2,1H3,(H,18,19). The Bertz CT molecular complexity index is 629. The Morgan fingerprint density at radius 1 is 1.30 bits per heavy atom. The SMILES string of the molecule is COCc1ccccc1NC(=O)c1ccc(N)cc1Cl. The van der Waals surface area contributed by atoms with Crippen LogP contribution in [0.25, 0.3) is 0 Å². The van der Waals surface area contributed by atoms with Crippen molar-refractivity contribution < 1.29 is 9.53 Å². The van der Waals surface area contributed by atoms with E-state index in [1.165, 1.54) is 0 Å². The third kappa shape index (κ3) is 3.29. The van der Waals surface area contributed by atoms with Gasteiger partial charge in [0, 0.05) is 24.0 Å². The van der Waals surface area contributed by atoms with Gasteiger partial charge in [-0.3, -0.25) is 4.79 Å². The Morgan fingerprint density at radius 2 is 2.05 bits per heavy atom. The monoisotopic (exact) mass is 290 g/mol. The van der Waals surface area contributed by atoms with E-state index in [0.717, 1.165) is 5.56 Å². The first kappa shape index (κ1) is 14.4. The maximum atomic E-state index is 12.2. The number of methoxy groups -OCH3 is 1. The van der Waals surface area contributed by atoms with Gasteiger partial charge in [-0.25, -0.2) is 0 Å². The Balaban J connectivity index is 2.23. The third-order valence-corrected chi connectivity index (χ3v) is 3.12. The maximum Gasteiger partial charge on any atom is 0.257 e. The smallest absolute Gasteiger partial charge is 0.257 e. The van der Waals surface area contributed by atoms with Crippen LogP contribution < -0.4 is 11.1 Å². The molecule has 0 radical (unpaired) electrons. The molecule has 0 heterocycles. The van der Waals surface area contributed by atoms with E-state index in [2.05, 4.69) is 5.32 Å².